The zero-order valence-electron chi connectivity index (χ0n) is 10.9. The van der Waals surface area contributed by atoms with Gasteiger partial charge < -0.3 is 19.9 Å². The number of halogens is 2. The third-order valence-corrected chi connectivity index (χ3v) is 2.58. The van der Waals surface area contributed by atoms with Crippen LogP contribution in [0, 0.1) is 5.82 Å². The number of hydrogen-bond donors (Lipinski definition) is 2. The Morgan fingerprint density at radius 1 is 1.37 bits per heavy atom. The summed E-state index contributed by atoms with van der Waals surface area (Å²) in [5.74, 6) is -0.408. The highest BCUT2D eigenvalue weighted by Gasteiger charge is 2.07. The molecule has 0 fully saturated rings. The Morgan fingerprint density at radius 2 is 2.11 bits per heavy atom. The van der Waals surface area contributed by atoms with Crippen LogP contribution in [-0.2, 0) is 9.47 Å². The van der Waals surface area contributed by atoms with Gasteiger partial charge in [-0.3, -0.25) is 0 Å². The van der Waals surface area contributed by atoms with Gasteiger partial charge in [-0.2, -0.15) is 0 Å². The molecule has 0 spiro atoms. The fourth-order valence-corrected chi connectivity index (χ4v) is 1.57. The molecule has 1 unspecified atom stereocenters. The highest BCUT2D eigenvalue weighted by Crippen LogP contribution is 2.19. The molecule has 0 saturated carbocycles. The quantitative estimate of drug-likeness (QED) is 0.686. The van der Waals surface area contributed by atoms with Crippen molar-refractivity contribution in [2.24, 2.45) is 0 Å². The molecule has 1 atom stereocenters. The van der Waals surface area contributed by atoms with Gasteiger partial charge in [-0.15, -0.1) is 0 Å². The van der Waals surface area contributed by atoms with Crippen molar-refractivity contribution in [3.05, 3.63) is 29.0 Å². The number of hydrogen-bond acceptors (Lipinski definition) is 4. The van der Waals surface area contributed by atoms with Crippen LogP contribution in [0.1, 0.15) is 6.92 Å². The van der Waals surface area contributed by atoms with E-state index in [1.807, 2.05) is 6.92 Å². The number of benzene rings is 1. The van der Waals surface area contributed by atoms with Gasteiger partial charge in [0.25, 0.3) is 0 Å². The molecule has 0 radical (unpaired) electrons. The number of ether oxygens (including phenoxy) is 2. The number of nitrogens with one attached hydrogen (secondary N) is 1. The first-order chi connectivity index (χ1) is 9.13. The van der Waals surface area contributed by atoms with Crippen molar-refractivity contribution in [2.45, 2.75) is 13.0 Å². The van der Waals surface area contributed by atoms with Gasteiger partial charge in [-0.25, -0.2) is 4.39 Å². The largest absolute Gasteiger partial charge is 0.389 e. The summed E-state index contributed by atoms with van der Waals surface area (Å²) >= 11 is 5.76. The molecule has 0 bridgehead atoms. The molecule has 0 aliphatic carbocycles. The second kappa shape index (κ2) is 9.09. The van der Waals surface area contributed by atoms with Crippen LogP contribution in [0.25, 0.3) is 0 Å². The molecule has 1 rings (SSSR count). The molecular formula is C13H19ClFNO3. The molecule has 0 aliphatic rings. The van der Waals surface area contributed by atoms with Crippen LogP contribution in [0.15, 0.2) is 18.2 Å². The van der Waals surface area contributed by atoms with Gasteiger partial charge in [-0.1, -0.05) is 11.6 Å². The zero-order chi connectivity index (χ0) is 14.1. The topological polar surface area (TPSA) is 50.7 Å². The Labute approximate surface area is 117 Å². The molecule has 0 saturated heterocycles. The van der Waals surface area contributed by atoms with E-state index in [1.54, 1.807) is 0 Å². The summed E-state index contributed by atoms with van der Waals surface area (Å²) in [4.78, 5) is 0. The smallest absolute Gasteiger partial charge is 0.146 e. The lowest BCUT2D eigenvalue weighted by Gasteiger charge is -2.14. The average Bonchev–Trinajstić information content (AvgIpc) is 2.39. The van der Waals surface area contributed by atoms with Gasteiger partial charge in [0.2, 0.25) is 0 Å². The summed E-state index contributed by atoms with van der Waals surface area (Å²) in [6, 6.07) is 4.21. The summed E-state index contributed by atoms with van der Waals surface area (Å²) in [6.45, 7) is 3.82. The third-order valence-electron chi connectivity index (χ3n) is 2.34. The van der Waals surface area contributed by atoms with Crippen molar-refractivity contribution in [1.29, 1.82) is 0 Å². The fourth-order valence-electron chi connectivity index (χ4n) is 1.40. The standard InChI is InChI=1S/C13H19ClFNO3/c1-2-18-5-6-19-9-11(17)8-16-13-7-10(14)3-4-12(13)15/h3-4,7,11,16-17H,2,5-6,8-9H2,1H3. The summed E-state index contributed by atoms with van der Waals surface area (Å²) in [5.41, 5.74) is 0.265. The first-order valence-corrected chi connectivity index (χ1v) is 6.53. The molecule has 19 heavy (non-hydrogen) atoms. The van der Waals surface area contributed by atoms with Gasteiger partial charge >= 0.3 is 0 Å². The van der Waals surface area contributed by atoms with E-state index in [2.05, 4.69) is 5.32 Å². The van der Waals surface area contributed by atoms with Crippen molar-refractivity contribution >= 4 is 17.3 Å². The van der Waals surface area contributed by atoms with E-state index in [4.69, 9.17) is 21.1 Å². The van der Waals surface area contributed by atoms with Crippen LogP contribution in [-0.4, -0.2) is 44.2 Å². The molecule has 0 aliphatic heterocycles. The van der Waals surface area contributed by atoms with Crippen LogP contribution >= 0.6 is 11.6 Å². The second-order valence-electron chi connectivity index (χ2n) is 3.93. The fraction of sp³-hybridized carbons (Fsp3) is 0.538. The van der Waals surface area contributed by atoms with E-state index in [0.29, 0.717) is 24.8 Å². The monoisotopic (exact) mass is 291 g/mol. The predicted octanol–water partition coefficient (Wildman–Crippen LogP) is 2.30. The molecule has 6 heteroatoms. The van der Waals surface area contributed by atoms with Crippen LogP contribution in [0.4, 0.5) is 10.1 Å². The number of anilines is 1. The van der Waals surface area contributed by atoms with Gasteiger partial charge in [0.1, 0.15) is 5.82 Å². The molecule has 0 heterocycles. The van der Waals surface area contributed by atoms with Crippen LogP contribution in [0.3, 0.4) is 0 Å². The summed E-state index contributed by atoms with van der Waals surface area (Å²) < 4.78 is 23.7. The zero-order valence-corrected chi connectivity index (χ0v) is 11.6. The van der Waals surface area contributed by atoms with Gasteiger partial charge in [0, 0.05) is 18.2 Å². The van der Waals surface area contributed by atoms with Crippen molar-refractivity contribution in [1.82, 2.24) is 0 Å². The van der Waals surface area contributed by atoms with E-state index in [1.165, 1.54) is 18.2 Å². The Bertz CT molecular complexity index is 379. The summed E-state index contributed by atoms with van der Waals surface area (Å²) in [5, 5.41) is 12.9. The second-order valence-corrected chi connectivity index (χ2v) is 4.37. The Morgan fingerprint density at radius 3 is 2.84 bits per heavy atom. The van der Waals surface area contributed by atoms with Gasteiger partial charge in [0.15, 0.2) is 0 Å². The molecule has 0 aromatic heterocycles. The Balaban J connectivity index is 2.22. The molecule has 1 aromatic rings. The molecule has 108 valence electrons. The van der Waals surface area contributed by atoms with Crippen molar-refractivity contribution < 1.29 is 19.0 Å². The lowest BCUT2D eigenvalue weighted by molar-refractivity contribution is 0.0103. The SMILES string of the molecule is CCOCCOCC(O)CNc1cc(Cl)ccc1F. The maximum atomic E-state index is 13.4. The van der Waals surface area contributed by atoms with E-state index >= 15 is 0 Å². The summed E-state index contributed by atoms with van der Waals surface area (Å²) in [7, 11) is 0. The Kier molecular flexibility index (Phi) is 7.74. The minimum atomic E-state index is -0.722. The molecule has 1 aromatic carbocycles. The van der Waals surface area contributed by atoms with E-state index in [-0.39, 0.29) is 18.8 Å². The molecule has 0 amide bonds. The number of aliphatic hydroxyl groups is 1. The summed E-state index contributed by atoms with van der Waals surface area (Å²) in [6.07, 6.45) is -0.722. The molecule has 4 nitrogen and oxygen atoms in total. The number of aliphatic hydroxyl groups excluding tert-OH is 1. The third kappa shape index (κ3) is 6.73. The van der Waals surface area contributed by atoms with Crippen LogP contribution in [0.5, 0.6) is 0 Å². The average molecular weight is 292 g/mol. The number of rotatable bonds is 9. The van der Waals surface area contributed by atoms with E-state index in [9.17, 15) is 9.50 Å². The van der Waals surface area contributed by atoms with Crippen molar-refractivity contribution in [3.8, 4) is 0 Å². The van der Waals surface area contributed by atoms with Gasteiger partial charge in [-0.05, 0) is 25.1 Å². The van der Waals surface area contributed by atoms with E-state index in [0.717, 1.165) is 0 Å². The normalized spacial score (nSPS) is 12.4. The maximum absolute atomic E-state index is 13.4. The minimum Gasteiger partial charge on any atom is -0.389 e. The molecular weight excluding hydrogens is 273 g/mol. The Hall–Kier alpha value is -0.880. The van der Waals surface area contributed by atoms with Crippen LogP contribution < -0.4 is 5.32 Å². The highest BCUT2D eigenvalue weighted by molar-refractivity contribution is 6.30. The predicted molar refractivity (Wildman–Crippen MR) is 73.2 cm³/mol. The highest BCUT2D eigenvalue weighted by atomic mass is 35.5. The first-order valence-electron chi connectivity index (χ1n) is 6.16. The maximum Gasteiger partial charge on any atom is 0.146 e. The minimum absolute atomic E-state index is 0.169. The lowest BCUT2D eigenvalue weighted by Crippen LogP contribution is -2.26. The molecule has 2 N–H and O–H groups in total. The lowest BCUT2D eigenvalue weighted by atomic mass is 10.3. The van der Waals surface area contributed by atoms with Crippen molar-refractivity contribution in [2.75, 3.05) is 38.3 Å². The van der Waals surface area contributed by atoms with E-state index < -0.39 is 11.9 Å². The van der Waals surface area contributed by atoms with Crippen LogP contribution in [0.2, 0.25) is 5.02 Å². The van der Waals surface area contributed by atoms with Gasteiger partial charge in [0.05, 0.1) is 31.6 Å². The first kappa shape index (κ1) is 16.2. The van der Waals surface area contributed by atoms with Crippen molar-refractivity contribution in [3.63, 3.8) is 0 Å².